The number of nitrogens with two attached hydrogens (primary N) is 1. The lowest BCUT2D eigenvalue weighted by molar-refractivity contribution is 0.354. The van der Waals surface area contributed by atoms with Gasteiger partial charge in [-0.1, -0.05) is 0 Å². The van der Waals surface area contributed by atoms with Gasteiger partial charge in [-0.3, -0.25) is 0 Å². The molecule has 4 nitrogen and oxygen atoms in total. The minimum atomic E-state index is -0.306. The summed E-state index contributed by atoms with van der Waals surface area (Å²) in [4.78, 5) is 0. The lowest BCUT2D eigenvalue weighted by Gasteiger charge is -2.16. The molecule has 0 aliphatic carbocycles. The van der Waals surface area contributed by atoms with Gasteiger partial charge in [0, 0.05) is 0 Å². The van der Waals surface area contributed by atoms with Crippen molar-refractivity contribution in [2.75, 3.05) is 14.2 Å². The summed E-state index contributed by atoms with van der Waals surface area (Å²) in [5, 5.41) is 0. The van der Waals surface area contributed by atoms with E-state index in [4.69, 9.17) is 19.6 Å². The summed E-state index contributed by atoms with van der Waals surface area (Å²) in [5.41, 5.74) is 8.19. The molecule has 0 bridgehead atoms. The van der Waals surface area contributed by atoms with E-state index in [0.29, 0.717) is 11.5 Å². The van der Waals surface area contributed by atoms with Gasteiger partial charge < -0.3 is 19.6 Å². The van der Waals surface area contributed by atoms with Crippen LogP contribution in [0, 0.1) is 6.92 Å². The van der Waals surface area contributed by atoms with Crippen LogP contribution in [0.15, 0.2) is 34.9 Å². The van der Waals surface area contributed by atoms with Crippen molar-refractivity contribution in [2.24, 2.45) is 5.73 Å². The van der Waals surface area contributed by atoms with Crippen LogP contribution < -0.4 is 15.2 Å². The molecule has 1 aromatic carbocycles. The predicted molar refractivity (Wildman–Crippen MR) is 69.0 cm³/mol. The number of benzene rings is 1. The number of furan rings is 1. The summed E-state index contributed by atoms with van der Waals surface area (Å²) in [5.74, 6) is 2.09. The van der Waals surface area contributed by atoms with E-state index in [2.05, 4.69) is 0 Å². The van der Waals surface area contributed by atoms with Crippen LogP contribution in [0.3, 0.4) is 0 Å². The Kier molecular flexibility index (Phi) is 3.58. The first-order valence-corrected chi connectivity index (χ1v) is 5.69. The topological polar surface area (TPSA) is 57.6 Å². The normalized spacial score (nSPS) is 12.2. The Morgan fingerprint density at radius 3 is 2.39 bits per heavy atom. The molecule has 4 heteroatoms. The largest absolute Gasteiger partial charge is 0.493 e. The molecule has 0 aliphatic rings. The first-order valence-electron chi connectivity index (χ1n) is 5.69. The van der Waals surface area contributed by atoms with Crippen molar-refractivity contribution in [3.05, 3.63) is 47.4 Å². The second-order valence-electron chi connectivity index (χ2n) is 4.06. The highest BCUT2D eigenvalue weighted by Gasteiger charge is 2.17. The van der Waals surface area contributed by atoms with Gasteiger partial charge in [0.15, 0.2) is 11.5 Å². The molecule has 2 rings (SSSR count). The molecule has 1 aromatic heterocycles. The number of hydrogen-bond donors (Lipinski definition) is 1. The zero-order valence-electron chi connectivity index (χ0n) is 10.8. The fraction of sp³-hybridized carbons (Fsp3) is 0.286. The summed E-state index contributed by atoms with van der Waals surface area (Å²) >= 11 is 0. The van der Waals surface area contributed by atoms with Crippen LogP contribution in [0.4, 0.5) is 0 Å². The molecule has 0 radical (unpaired) electrons. The molecule has 1 heterocycles. The number of aryl methyl sites for hydroxylation is 1. The molecule has 0 saturated carbocycles. The van der Waals surface area contributed by atoms with E-state index in [1.165, 1.54) is 0 Å². The Morgan fingerprint density at radius 2 is 1.83 bits per heavy atom. The maximum Gasteiger partial charge on any atom is 0.161 e. The molecule has 0 fully saturated rings. The highest BCUT2D eigenvalue weighted by molar-refractivity contribution is 5.49. The molecule has 0 spiro atoms. The van der Waals surface area contributed by atoms with Crippen molar-refractivity contribution in [2.45, 2.75) is 13.0 Å². The zero-order valence-corrected chi connectivity index (χ0v) is 10.8. The third-order valence-corrected chi connectivity index (χ3v) is 2.96. The van der Waals surface area contributed by atoms with Gasteiger partial charge >= 0.3 is 0 Å². The summed E-state index contributed by atoms with van der Waals surface area (Å²) in [6.07, 6.45) is 1.62. The van der Waals surface area contributed by atoms with Crippen molar-refractivity contribution in [3.63, 3.8) is 0 Å². The summed E-state index contributed by atoms with van der Waals surface area (Å²) in [7, 11) is 3.22. The van der Waals surface area contributed by atoms with Gasteiger partial charge in [0.05, 0.1) is 26.5 Å². The van der Waals surface area contributed by atoms with Crippen LogP contribution in [0.25, 0.3) is 0 Å². The van der Waals surface area contributed by atoms with E-state index in [-0.39, 0.29) is 6.04 Å². The maximum atomic E-state index is 6.19. The van der Waals surface area contributed by atoms with Crippen molar-refractivity contribution in [3.8, 4) is 11.5 Å². The van der Waals surface area contributed by atoms with Gasteiger partial charge in [-0.25, -0.2) is 0 Å². The summed E-state index contributed by atoms with van der Waals surface area (Å²) in [6.45, 7) is 1.99. The number of rotatable bonds is 4. The third kappa shape index (κ3) is 2.19. The average Bonchev–Trinajstić information content (AvgIpc) is 2.91. The summed E-state index contributed by atoms with van der Waals surface area (Å²) < 4.78 is 15.9. The highest BCUT2D eigenvalue weighted by atomic mass is 16.5. The number of methoxy groups -OCH3 is 2. The average molecular weight is 247 g/mol. The lowest BCUT2D eigenvalue weighted by atomic mass is 9.99. The molecule has 0 saturated heterocycles. The van der Waals surface area contributed by atoms with Gasteiger partial charge in [0.1, 0.15) is 5.76 Å². The minimum Gasteiger partial charge on any atom is -0.493 e. The Hall–Kier alpha value is -1.94. The Balaban J connectivity index is 2.45. The fourth-order valence-corrected chi connectivity index (χ4v) is 1.95. The van der Waals surface area contributed by atoms with Crippen LogP contribution >= 0.6 is 0 Å². The smallest absolute Gasteiger partial charge is 0.161 e. The molecule has 0 aliphatic heterocycles. The molecule has 1 atom stereocenters. The van der Waals surface area contributed by atoms with Crippen LogP contribution in [0.2, 0.25) is 0 Å². The summed E-state index contributed by atoms with van der Waals surface area (Å²) in [6, 6.07) is 7.18. The molecule has 1 unspecified atom stereocenters. The zero-order chi connectivity index (χ0) is 13.1. The van der Waals surface area contributed by atoms with E-state index >= 15 is 0 Å². The van der Waals surface area contributed by atoms with E-state index in [0.717, 1.165) is 16.9 Å². The van der Waals surface area contributed by atoms with E-state index in [9.17, 15) is 0 Å². The first-order chi connectivity index (χ1) is 8.67. The van der Waals surface area contributed by atoms with Crippen LogP contribution in [-0.2, 0) is 0 Å². The molecule has 0 amide bonds. The maximum absolute atomic E-state index is 6.19. The molecule has 18 heavy (non-hydrogen) atoms. The van der Waals surface area contributed by atoms with Crippen molar-refractivity contribution < 1.29 is 13.9 Å². The van der Waals surface area contributed by atoms with Gasteiger partial charge in [-0.15, -0.1) is 0 Å². The minimum absolute atomic E-state index is 0.306. The van der Waals surface area contributed by atoms with Gasteiger partial charge in [-0.2, -0.15) is 0 Å². The molecular weight excluding hydrogens is 230 g/mol. The fourth-order valence-electron chi connectivity index (χ4n) is 1.95. The molecular formula is C14H17NO3. The lowest BCUT2D eigenvalue weighted by Crippen LogP contribution is -2.12. The van der Waals surface area contributed by atoms with E-state index < -0.39 is 0 Å². The number of hydrogen-bond acceptors (Lipinski definition) is 4. The Labute approximate surface area is 106 Å². The van der Waals surface area contributed by atoms with E-state index in [1.54, 1.807) is 20.5 Å². The monoisotopic (exact) mass is 247 g/mol. The van der Waals surface area contributed by atoms with Gasteiger partial charge in [0.2, 0.25) is 0 Å². The second-order valence-corrected chi connectivity index (χ2v) is 4.06. The molecule has 2 aromatic rings. The van der Waals surface area contributed by atoms with Crippen molar-refractivity contribution >= 4 is 0 Å². The van der Waals surface area contributed by atoms with E-state index in [1.807, 2.05) is 31.2 Å². The molecule has 2 N–H and O–H groups in total. The number of ether oxygens (including phenoxy) is 2. The molecule has 96 valence electrons. The second kappa shape index (κ2) is 5.14. The standard InChI is InChI=1S/C14H17NO3/c1-9-7-12(16-2)13(17-3)8-10(9)14(15)11-5-4-6-18-11/h4-8,14H,15H2,1-3H3. The van der Waals surface area contributed by atoms with Gasteiger partial charge in [-0.05, 0) is 42.3 Å². The van der Waals surface area contributed by atoms with Crippen LogP contribution in [-0.4, -0.2) is 14.2 Å². The van der Waals surface area contributed by atoms with Crippen molar-refractivity contribution in [1.82, 2.24) is 0 Å². The quantitative estimate of drug-likeness (QED) is 0.902. The van der Waals surface area contributed by atoms with Gasteiger partial charge in [0.25, 0.3) is 0 Å². The Morgan fingerprint density at radius 1 is 1.17 bits per heavy atom. The van der Waals surface area contributed by atoms with Crippen molar-refractivity contribution in [1.29, 1.82) is 0 Å². The predicted octanol–water partition coefficient (Wildman–Crippen LogP) is 2.65. The third-order valence-electron chi connectivity index (χ3n) is 2.96. The first kappa shape index (κ1) is 12.5. The Bertz CT molecular complexity index is 520. The SMILES string of the molecule is COc1cc(C)c(C(N)c2ccco2)cc1OC. The highest BCUT2D eigenvalue weighted by Crippen LogP contribution is 2.34. The van der Waals surface area contributed by atoms with Crippen LogP contribution in [0.1, 0.15) is 22.9 Å². The van der Waals surface area contributed by atoms with Crippen LogP contribution in [0.5, 0.6) is 11.5 Å².